The van der Waals surface area contributed by atoms with Crippen molar-refractivity contribution >= 4 is 7.41 Å². The molecule has 0 amide bonds. The molecular formula is C8H20BN. The van der Waals surface area contributed by atoms with E-state index in [9.17, 15) is 0 Å². The summed E-state index contributed by atoms with van der Waals surface area (Å²) >= 11 is 0. The Morgan fingerprint density at radius 2 is 1.70 bits per heavy atom. The van der Waals surface area contributed by atoms with E-state index in [-0.39, 0.29) is 0 Å². The molecule has 0 saturated heterocycles. The Hall–Kier alpha value is 0.0249. The molecule has 0 aliphatic rings. The normalized spacial score (nSPS) is 11.0. The minimum absolute atomic E-state index is 0.848. The van der Waals surface area contributed by atoms with Crippen LogP contribution in [0.4, 0.5) is 0 Å². The maximum Gasteiger partial charge on any atom is 0.204 e. The molecule has 0 heterocycles. The van der Waals surface area contributed by atoms with Gasteiger partial charge in [0.25, 0.3) is 0 Å². The minimum Gasteiger partial charge on any atom is -0.346 e. The lowest BCUT2D eigenvalue weighted by Gasteiger charge is -2.17. The molecule has 0 radical (unpaired) electrons. The monoisotopic (exact) mass is 141 g/mol. The van der Waals surface area contributed by atoms with E-state index in [4.69, 9.17) is 0 Å². The van der Waals surface area contributed by atoms with Crippen molar-refractivity contribution in [1.29, 1.82) is 0 Å². The van der Waals surface area contributed by atoms with Crippen LogP contribution in [0.25, 0.3) is 0 Å². The lowest BCUT2D eigenvalue weighted by molar-refractivity contribution is 0.485. The third-order valence-electron chi connectivity index (χ3n) is 1.92. The highest BCUT2D eigenvalue weighted by atomic mass is 15.0. The van der Waals surface area contributed by atoms with Gasteiger partial charge in [-0.25, -0.2) is 0 Å². The Morgan fingerprint density at radius 1 is 1.20 bits per heavy atom. The maximum atomic E-state index is 2.47. The van der Waals surface area contributed by atoms with Crippen LogP contribution >= 0.6 is 0 Å². The van der Waals surface area contributed by atoms with Gasteiger partial charge in [0.2, 0.25) is 7.41 Å². The van der Waals surface area contributed by atoms with Gasteiger partial charge in [0.15, 0.2) is 0 Å². The topological polar surface area (TPSA) is 3.24 Å². The third-order valence-corrected chi connectivity index (χ3v) is 1.92. The van der Waals surface area contributed by atoms with Crippen molar-refractivity contribution in [3.8, 4) is 0 Å². The zero-order chi connectivity index (χ0) is 7.98. The molecule has 0 fully saturated rings. The fraction of sp³-hybridized carbons (Fsp3) is 1.00. The molecule has 0 bridgehead atoms. The fourth-order valence-corrected chi connectivity index (χ4v) is 0.981. The number of nitrogens with zero attached hydrogens (tertiary/aromatic N) is 1. The zero-order valence-electron chi connectivity index (χ0n) is 7.85. The summed E-state index contributed by atoms with van der Waals surface area (Å²) in [6.45, 7) is 11.4. The summed E-state index contributed by atoms with van der Waals surface area (Å²) in [6.07, 6.45) is 1.34. The molecule has 60 valence electrons. The highest BCUT2D eigenvalue weighted by molar-refractivity contribution is 6.31. The van der Waals surface area contributed by atoms with Gasteiger partial charge >= 0.3 is 0 Å². The second-order valence-corrected chi connectivity index (χ2v) is 3.21. The summed E-state index contributed by atoms with van der Waals surface area (Å²) in [6, 6.07) is 0. The standard InChI is InChI=1S/C8H20BN/c1-5-10(6-2)9-7-8(3)4/h8-9H,5-7H2,1-4H3. The lowest BCUT2D eigenvalue weighted by atomic mass is 9.80. The molecule has 0 saturated carbocycles. The van der Waals surface area contributed by atoms with Crippen LogP contribution in [-0.2, 0) is 0 Å². The number of rotatable bonds is 5. The van der Waals surface area contributed by atoms with Crippen LogP contribution < -0.4 is 0 Å². The molecule has 2 heteroatoms. The molecule has 0 unspecified atom stereocenters. The number of hydrogen-bond donors (Lipinski definition) is 0. The van der Waals surface area contributed by atoms with Gasteiger partial charge in [-0.05, 0) is 13.1 Å². The summed E-state index contributed by atoms with van der Waals surface area (Å²) in [5.74, 6) is 0.848. The first kappa shape index (κ1) is 10.0. The summed E-state index contributed by atoms with van der Waals surface area (Å²) in [5, 5.41) is 0. The predicted molar refractivity (Wildman–Crippen MR) is 49.7 cm³/mol. The van der Waals surface area contributed by atoms with Crippen molar-refractivity contribution in [2.75, 3.05) is 13.1 Å². The van der Waals surface area contributed by atoms with E-state index in [2.05, 4.69) is 32.5 Å². The van der Waals surface area contributed by atoms with Gasteiger partial charge < -0.3 is 4.81 Å². The molecular weight excluding hydrogens is 121 g/mol. The van der Waals surface area contributed by atoms with E-state index in [1.807, 2.05) is 0 Å². The predicted octanol–water partition coefficient (Wildman–Crippen LogP) is 1.75. The smallest absolute Gasteiger partial charge is 0.204 e. The van der Waals surface area contributed by atoms with Crippen molar-refractivity contribution in [2.45, 2.75) is 34.0 Å². The summed E-state index contributed by atoms with van der Waals surface area (Å²) < 4.78 is 0. The van der Waals surface area contributed by atoms with Crippen molar-refractivity contribution in [3.05, 3.63) is 0 Å². The molecule has 0 aromatic carbocycles. The molecule has 0 rings (SSSR count). The van der Waals surface area contributed by atoms with Crippen LogP contribution in [0.1, 0.15) is 27.7 Å². The highest BCUT2D eigenvalue weighted by Crippen LogP contribution is 2.00. The molecule has 0 aliphatic heterocycles. The van der Waals surface area contributed by atoms with Crippen LogP contribution in [-0.4, -0.2) is 25.3 Å². The van der Waals surface area contributed by atoms with E-state index in [1.165, 1.54) is 26.8 Å². The van der Waals surface area contributed by atoms with E-state index in [0.717, 1.165) is 5.92 Å². The quantitative estimate of drug-likeness (QED) is 0.527. The molecule has 0 aromatic heterocycles. The SMILES string of the molecule is CCN(BCC(C)C)CC. The Balaban J connectivity index is 3.26. The molecule has 0 N–H and O–H groups in total. The Kier molecular flexibility index (Phi) is 5.80. The Bertz CT molecular complexity index is 69.7. The Labute approximate surface area is 66.1 Å². The summed E-state index contributed by atoms with van der Waals surface area (Å²) in [5.41, 5.74) is 0. The third kappa shape index (κ3) is 4.86. The summed E-state index contributed by atoms with van der Waals surface area (Å²) in [7, 11) is 1.27. The molecule has 0 aliphatic carbocycles. The van der Waals surface area contributed by atoms with Gasteiger partial charge in [0.05, 0.1) is 0 Å². The average molecular weight is 141 g/mol. The second kappa shape index (κ2) is 5.78. The minimum atomic E-state index is 0.848. The lowest BCUT2D eigenvalue weighted by Crippen LogP contribution is -2.27. The first-order valence-electron chi connectivity index (χ1n) is 4.43. The van der Waals surface area contributed by atoms with Crippen LogP contribution in [0.2, 0.25) is 6.32 Å². The highest BCUT2D eigenvalue weighted by Gasteiger charge is 2.02. The summed E-state index contributed by atoms with van der Waals surface area (Å²) in [4.78, 5) is 2.47. The van der Waals surface area contributed by atoms with Crippen molar-refractivity contribution < 1.29 is 0 Å². The molecule has 0 atom stereocenters. The van der Waals surface area contributed by atoms with Gasteiger partial charge in [0.1, 0.15) is 0 Å². The van der Waals surface area contributed by atoms with Gasteiger partial charge in [0, 0.05) is 0 Å². The van der Waals surface area contributed by atoms with Gasteiger partial charge in [-0.1, -0.05) is 39.9 Å². The van der Waals surface area contributed by atoms with Gasteiger partial charge in [-0.2, -0.15) is 0 Å². The van der Waals surface area contributed by atoms with Gasteiger partial charge in [-0.15, -0.1) is 0 Å². The first-order chi connectivity index (χ1) is 4.70. The van der Waals surface area contributed by atoms with Crippen LogP contribution in [0.3, 0.4) is 0 Å². The molecule has 10 heavy (non-hydrogen) atoms. The largest absolute Gasteiger partial charge is 0.346 e. The van der Waals surface area contributed by atoms with Crippen molar-refractivity contribution in [1.82, 2.24) is 4.81 Å². The molecule has 0 aromatic rings. The average Bonchev–Trinajstić information content (AvgIpc) is 1.90. The maximum absolute atomic E-state index is 2.47. The second-order valence-electron chi connectivity index (χ2n) is 3.21. The van der Waals surface area contributed by atoms with Crippen molar-refractivity contribution in [2.24, 2.45) is 5.92 Å². The van der Waals surface area contributed by atoms with E-state index in [0.29, 0.717) is 0 Å². The van der Waals surface area contributed by atoms with E-state index < -0.39 is 0 Å². The van der Waals surface area contributed by atoms with E-state index in [1.54, 1.807) is 0 Å². The van der Waals surface area contributed by atoms with Gasteiger partial charge in [-0.3, -0.25) is 0 Å². The first-order valence-corrected chi connectivity index (χ1v) is 4.43. The zero-order valence-corrected chi connectivity index (χ0v) is 7.85. The fourth-order valence-electron chi connectivity index (χ4n) is 0.981. The van der Waals surface area contributed by atoms with Crippen molar-refractivity contribution in [3.63, 3.8) is 0 Å². The van der Waals surface area contributed by atoms with Crippen LogP contribution in [0.5, 0.6) is 0 Å². The Morgan fingerprint density at radius 3 is 2.00 bits per heavy atom. The number of hydrogen-bond acceptors (Lipinski definition) is 1. The molecule has 1 nitrogen and oxygen atoms in total. The molecule has 0 spiro atoms. The van der Waals surface area contributed by atoms with Crippen LogP contribution in [0, 0.1) is 5.92 Å². The van der Waals surface area contributed by atoms with E-state index >= 15 is 0 Å². The van der Waals surface area contributed by atoms with Crippen LogP contribution in [0.15, 0.2) is 0 Å².